The highest BCUT2D eigenvalue weighted by Crippen LogP contribution is 2.34. The maximum absolute atomic E-state index is 10.5. The summed E-state index contributed by atoms with van der Waals surface area (Å²) in [4.78, 5) is 0. The van der Waals surface area contributed by atoms with E-state index in [1.165, 1.54) is 32.1 Å². The maximum atomic E-state index is 10.5. The van der Waals surface area contributed by atoms with Gasteiger partial charge in [-0.15, -0.1) is 0 Å². The molecule has 2 rings (SSSR count). The number of ether oxygens (including phenoxy) is 1. The number of nitrogens with one attached hydrogen (secondary N) is 1. The first-order valence-corrected chi connectivity index (χ1v) is 7.49. The van der Waals surface area contributed by atoms with Crippen LogP contribution in [0.25, 0.3) is 0 Å². The molecule has 1 saturated heterocycles. The van der Waals surface area contributed by atoms with Gasteiger partial charge in [0.05, 0.1) is 6.10 Å². The van der Waals surface area contributed by atoms with E-state index in [4.69, 9.17) is 4.74 Å². The summed E-state index contributed by atoms with van der Waals surface area (Å²) >= 11 is 0. The molecule has 2 fully saturated rings. The van der Waals surface area contributed by atoms with Crippen molar-refractivity contribution in [2.75, 3.05) is 13.2 Å². The Morgan fingerprint density at radius 1 is 1.22 bits per heavy atom. The molecule has 1 aliphatic carbocycles. The van der Waals surface area contributed by atoms with Crippen molar-refractivity contribution in [3.63, 3.8) is 0 Å². The summed E-state index contributed by atoms with van der Waals surface area (Å²) in [5, 5.41) is 14.1. The zero-order valence-electron chi connectivity index (χ0n) is 12.2. The monoisotopic (exact) mass is 255 g/mol. The first-order valence-electron chi connectivity index (χ1n) is 7.49. The van der Waals surface area contributed by atoms with E-state index >= 15 is 0 Å². The molecular formula is C15H29NO2. The highest BCUT2D eigenvalue weighted by molar-refractivity contribution is 4.93. The molecule has 3 nitrogen and oxygen atoms in total. The summed E-state index contributed by atoms with van der Waals surface area (Å²) in [6.45, 7) is 8.09. The third-order valence-electron chi connectivity index (χ3n) is 4.93. The van der Waals surface area contributed by atoms with E-state index in [1.807, 2.05) is 6.92 Å². The lowest BCUT2D eigenvalue weighted by molar-refractivity contribution is -0.0279. The van der Waals surface area contributed by atoms with Gasteiger partial charge in [0.25, 0.3) is 0 Å². The molecule has 3 heteroatoms. The highest BCUT2D eigenvalue weighted by atomic mass is 16.5. The van der Waals surface area contributed by atoms with E-state index in [1.54, 1.807) is 0 Å². The zero-order valence-corrected chi connectivity index (χ0v) is 12.2. The van der Waals surface area contributed by atoms with Gasteiger partial charge in [-0.3, -0.25) is 0 Å². The molecule has 0 amide bonds. The highest BCUT2D eigenvalue weighted by Gasteiger charge is 2.39. The van der Waals surface area contributed by atoms with Crippen molar-refractivity contribution >= 4 is 0 Å². The summed E-state index contributed by atoms with van der Waals surface area (Å²) in [7, 11) is 0. The molecule has 3 atom stereocenters. The van der Waals surface area contributed by atoms with Gasteiger partial charge in [0, 0.05) is 25.6 Å². The van der Waals surface area contributed by atoms with E-state index in [-0.39, 0.29) is 6.10 Å². The summed E-state index contributed by atoms with van der Waals surface area (Å²) in [6.07, 6.45) is 7.12. The van der Waals surface area contributed by atoms with Gasteiger partial charge in [0.15, 0.2) is 0 Å². The topological polar surface area (TPSA) is 41.5 Å². The Morgan fingerprint density at radius 3 is 2.67 bits per heavy atom. The molecule has 18 heavy (non-hydrogen) atoms. The Kier molecular flexibility index (Phi) is 4.35. The standard InChI is InChI=1S/C15H29NO2/c1-12-15(17,9-10-18-12)11-16-13-5-4-7-14(2,3)8-6-13/h12-13,16-17H,4-11H2,1-3H3. The van der Waals surface area contributed by atoms with Crippen LogP contribution in [0.4, 0.5) is 0 Å². The van der Waals surface area contributed by atoms with Crippen LogP contribution in [-0.4, -0.2) is 36.0 Å². The molecule has 3 unspecified atom stereocenters. The number of hydrogen-bond donors (Lipinski definition) is 2. The quantitative estimate of drug-likeness (QED) is 0.761. The van der Waals surface area contributed by atoms with Gasteiger partial charge in [-0.25, -0.2) is 0 Å². The van der Waals surface area contributed by atoms with Gasteiger partial charge >= 0.3 is 0 Å². The molecule has 0 aromatic heterocycles. The molecule has 0 spiro atoms. The van der Waals surface area contributed by atoms with Crippen LogP contribution >= 0.6 is 0 Å². The van der Waals surface area contributed by atoms with Crippen molar-refractivity contribution in [2.45, 2.75) is 77.0 Å². The Morgan fingerprint density at radius 2 is 2.00 bits per heavy atom. The minimum Gasteiger partial charge on any atom is -0.386 e. The smallest absolute Gasteiger partial charge is 0.105 e. The first-order chi connectivity index (χ1) is 8.41. The van der Waals surface area contributed by atoms with Crippen LogP contribution in [0, 0.1) is 5.41 Å². The van der Waals surface area contributed by atoms with Crippen LogP contribution in [0.15, 0.2) is 0 Å². The zero-order chi connectivity index (χ0) is 13.2. The molecule has 0 bridgehead atoms. The summed E-state index contributed by atoms with van der Waals surface area (Å²) < 4.78 is 5.48. The van der Waals surface area contributed by atoms with E-state index in [2.05, 4.69) is 19.2 Å². The van der Waals surface area contributed by atoms with Crippen LogP contribution in [0.2, 0.25) is 0 Å². The molecule has 0 radical (unpaired) electrons. The molecule has 0 aromatic carbocycles. The van der Waals surface area contributed by atoms with Crippen LogP contribution < -0.4 is 5.32 Å². The van der Waals surface area contributed by atoms with E-state index < -0.39 is 5.60 Å². The van der Waals surface area contributed by atoms with Crippen molar-refractivity contribution in [2.24, 2.45) is 5.41 Å². The van der Waals surface area contributed by atoms with Crippen molar-refractivity contribution in [1.82, 2.24) is 5.32 Å². The van der Waals surface area contributed by atoms with Crippen molar-refractivity contribution < 1.29 is 9.84 Å². The molecule has 106 valence electrons. The molecule has 1 saturated carbocycles. The van der Waals surface area contributed by atoms with Crippen LogP contribution in [0.3, 0.4) is 0 Å². The second kappa shape index (κ2) is 5.48. The van der Waals surface area contributed by atoms with Gasteiger partial charge in [-0.1, -0.05) is 20.3 Å². The molecule has 0 aromatic rings. The lowest BCUT2D eigenvalue weighted by Crippen LogP contribution is -2.48. The predicted octanol–water partition coefficient (Wildman–Crippen LogP) is 2.47. The minimum atomic E-state index is -0.651. The third-order valence-corrected chi connectivity index (χ3v) is 4.93. The molecule has 2 aliphatic rings. The number of hydrogen-bond acceptors (Lipinski definition) is 3. The average Bonchev–Trinajstić information content (AvgIpc) is 2.53. The SMILES string of the molecule is CC1OCCC1(O)CNC1CCCC(C)(C)CC1. The Bertz CT molecular complexity index is 280. The average molecular weight is 255 g/mol. The lowest BCUT2D eigenvalue weighted by Gasteiger charge is -2.29. The Balaban J connectivity index is 1.80. The van der Waals surface area contributed by atoms with Gasteiger partial charge in [-0.2, -0.15) is 0 Å². The van der Waals surface area contributed by atoms with Gasteiger partial charge in [0.1, 0.15) is 5.60 Å². The van der Waals surface area contributed by atoms with Crippen molar-refractivity contribution in [3.8, 4) is 0 Å². The number of aliphatic hydroxyl groups is 1. The largest absolute Gasteiger partial charge is 0.386 e. The van der Waals surface area contributed by atoms with E-state index in [9.17, 15) is 5.11 Å². The van der Waals surface area contributed by atoms with Gasteiger partial charge in [-0.05, 0) is 38.0 Å². The fourth-order valence-electron chi connectivity index (χ4n) is 3.19. The second-order valence-corrected chi connectivity index (χ2v) is 7.04. The molecule has 1 aliphatic heterocycles. The molecular weight excluding hydrogens is 226 g/mol. The minimum absolute atomic E-state index is 0.0350. The van der Waals surface area contributed by atoms with E-state index in [0.29, 0.717) is 24.6 Å². The summed E-state index contributed by atoms with van der Waals surface area (Å²) in [5.41, 5.74) is -0.154. The van der Waals surface area contributed by atoms with Crippen LogP contribution in [-0.2, 0) is 4.74 Å². The predicted molar refractivity (Wildman–Crippen MR) is 73.6 cm³/mol. The molecule has 1 heterocycles. The second-order valence-electron chi connectivity index (χ2n) is 7.04. The fraction of sp³-hybridized carbons (Fsp3) is 1.00. The normalized spacial score (nSPS) is 40.7. The maximum Gasteiger partial charge on any atom is 0.105 e. The number of rotatable bonds is 3. The van der Waals surface area contributed by atoms with Crippen LogP contribution in [0.1, 0.15) is 59.3 Å². The van der Waals surface area contributed by atoms with E-state index in [0.717, 1.165) is 6.42 Å². The molecule has 2 N–H and O–H groups in total. The fourth-order valence-corrected chi connectivity index (χ4v) is 3.19. The lowest BCUT2D eigenvalue weighted by atomic mass is 9.85. The van der Waals surface area contributed by atoms with Crippen LogP contribution in [0.5, 0.6) is 0 Å². The van der Waals surface area contributed by atoms with Gasteiger partial charge in [0.2, 0.25) is 0 Å². The Hall–Kier alpha value is -0.120. The summed E-state index contributed by atoms with van der Waals surface area (Å²) in [5.74, 6) is 0. The van der Waals surface area contributed by atoms with Gasteiger partial charge < -0.3 is 15.2 Å². The third kappa shape index (κ3) is 3.46. The van der Waals surface area contributed by atoms with Crippen molar-refractivity contribution in [1.29, 1.82) is 0 Å². The first kappa shape index (κ1) is 14.3. The summed E-state index contributed by atoms with van der Waals surface area (Å²) in [6, 6.07) is 0.573. The van der Waals surface area contributed by atoms with Crippen molar-refractivity contribution in [3.05, 3.63) is 0 Å². The Labute approximate surface area is 111 Å².